The second kappa shape index (κ2) is 12.3. The van der Waals surface area contributed by atoms with Crippen LogP contribution in [-0.2, 0) is 30.6 Å². The van der Waals surface area contributed by atoms with Gasteiger partial charge in [0, 0.05) is 32.2 Å². The summed E-state index contributed by atoms with van der Waals surface area (Å²) in [4.78, 5) is 61.4. The molecule has 3 N–H and O–H groups in total. The van der Waals surface area contributed by atoms with E-state index < -0.39 is 34.2 Å². The zero-order valence-electron chi connectivity index (χ0n) is 22.3. The van der Waals surface area contributed by atoms with Crippen LogP contribution in [0.3, 0.4) is 0 Å². The monoisotopic (exact) mass is 541 g/mol. The van der Waals surface area contributed by atoms with Crippen LogP contribution in [0.1, 0.15) is 47.1 Å². The van der Waals surface area contributed by atoms with Gasteiger partial charge in [-0.25, -0.2) is 24.2 Å². The molecule has 0 aliphatic carbocycles. The number of hydroxylamine groups is 2. The van der Waals surface area contributed by atoms with E-state index in [0.717, 1.165) is 0 Å². The van der Waals surface area contributed by atoms with Crippen LogP contribution >= 0.6 is 0 Å². The molecule has 1 saturated heterocycles. The Morgan fingerprint density at radius 2 is 1.50 bits per heavy atom. The summed E-state index contributed by atoms with van der Waals surface area (Å²) in [5.74, 6) is -2.33. The first-order valence-electron chi connectivity index (χ1n) is 11.8. The highest BCUT2D eigenvalue weighted by atomic mass is 16.9. The highest BCUT2D eigenvalue weighted by Crippen LogP contribution is 2.31. The van der Waals surface area contributed by atoms with E-state index in [1.807, 2.05) is 11.0 Å². The summed E-state index contributed by atoms with van der Waals surface area (Å²) in [7, 11) is 0. The van der Waals surface area contributed by atoms with E-state index in [9.17, 15) is 29.6 Å². The van der Waals surface area contributed by atoms with E-state index in [0.29, 0.717) is 11.3 Å². The van der Waals surface area contributed by atoms with Crippen LogP contribution in [0, 0.1) is 10.1 Å². The average Bonchev–Trinajstić information content (AvgIpc) is 2.82. The lowest BCUT2D eigenvalue weighted by atomic mass is 10.1. The molecule has 1 heterocycles. The van der Waals surface area contributed by atoms with E-state index in [4.69, 9.17) is 19.1 Å². The van der Waals surface area contributed by atoms with Crippen molar-refractivity contribution in [3.05, 3.63) is 33.9 Å². The van der Waals surface area contributed by atoms with Crippen LogP contribution in [0.5, 0.6) is 0 Å². The van der Waals surface area contributed by atoms with Crippen LogP contribution in [0.25, 0.3) is 0 Å². The number of rotatable bonds is 9. The SMILES string of the molecule is CC(C)(C)OC(=O)NOC(C=O)(ONC(=O)OC(C)(C)C)N1CCN(c2cc(CO)ccc2[N+](=O)[O-])CC1. The number of aliphatic hydroxyl groups excluding tert-OH is 1. The molecular formula is C23H35N5O10. The predicted octanol–water partition coefficient (Wildman–Crippen LogP) is 1.97. The third-order valence-electron chi connectivity index (χ3n) is 4.99. The molecule has 0 radical (unpaired) electrons. The molecule has 2 amide bonds. The van der Waals surface area contributed by atoms with Crippen LogP contribution in [0.4, 0.5) is 21.0 Å². The standard InChI is InChI=1S/C23H35N5O10/c1-21(2,3)35-19(31)24-37-23(15-30,38-25-20(32)36-22(4,5)6)27-11-9-26(10-12-27)18-13-16(14-29)7-8-17(18)28(33)34/h7-8,13,15,29H,9-12,14H2,1-6H3,(H,24,31)(H,25,32). The fourth-order valence-corrected chi connectivity index (χ4v) is 3.43. The smallest absolute Gasteiger partial charge is 0.431 e. The molecule has 1 fully saturated rings. The molecule has 0 spiro atoms. The van der Waals surface area contributed by atoms with E-state index >= 15 is 0 Å². The van der Waals surface area contributed by atoms with E-state index in [1.54, 1.807) is 46.4 Å². The maximum Gasteiger partial charge on any atom is 0.431 e. The first-order chi connectivity index (χ1) is 17.6. The predicted molar refractivity (Wildman–Crippen MR) is 133 cm³/mol. The Morgan fingerprint density at radius 1 is 1.00 bits per heavy atom. The lowest BCUT2D eigenvalue weighted by Crippen LogP contribution is -2.64. The van der Waals surface area contributed by atoms with Gasteiger partial charge in [-0.15, -0.1) is 0 Å². The fraction of sp³-hybridized carbons (Fsp3) is 0.609. The number of benzene rings is 1. The molecule has 0 bridgehead atoms. The number of hydrogen-bond donors (Lipinski definition) is 3. The average molecular weight is 542 g/mol. The minimum absolute atomic E-state index is 0.0469. The molecule has 0 atom stereocenters. The van der Waals surface area contributed by atoms with Crippen molar-refractivity contribution in [1.82, 2.24) is 15.9 Å². The van der Waals surface area contributed by atoms with Crippen molar-refractivity contribution in [3.8, 4) is 0 Å². The third-order valence-corrected chi connectivity index (χ3v) is 4.99. The lowest BCUT2D eigenvalue weighted by molar-refractivity contribution is -0.384. The van der Waals surface area contributed by atoms with Gasteiger partial charge in [0.15, 0.2) is 6.29 Å². The van der Waals surface area contributed by atoms with Crippen molar-refractivity contribution < 1.29 is 43.6 Å². The van der Waals surface area contributed by atoms with Crippen molar-refractivity contribution in [3.63, 3.8) is 0 Å². The van der Waals surface area contributed by atoms with Crippen molar-refractivity contribution >= 4 is 29.8 Å². The molecule has 2 rings (SSSR count). The molecule has 1 aliphatic rings. The Morgan fingerprint density at radius 3 is 1.89 bits per heavy atom. The number of nitro groups is 1. The Labute approximate surface area is 220 Å². The topological polar surface area (TPSA) is 182 Å². The summed E-state index contributed by atoms with van der Waals surface area (Å²) in [6.45, 7) is 9.90. The second-order valence-electron chi connectivity index (χ2n) is 10.4. The molecule has 15 heteroatoms. The van der Waals surface area contributed by atoms with Crippen molar-refractivity contribution in [2.45, 2.75) is 65.3 Å². The second-order valence-corrected chi connectivity index (χ2v) is 10.4. The number of nitro benzene ring substituents is 1. The molecule has 38 heavy (non-hydrogen) atoms. The Hall–Kier alpha value is -3.53. The van der Waals surface area contributed by atoms with Gasteiger partial charge in [-0.2, -0.15) is 11.0 Å². The Bertz CT molecular complexity index is 981. The number of carbonyl (C=O) groups is 3. The highest BCUT2D eigenvalue weighted by Gasteiger charge is 2.45. The minimum atomic E-state index is -2.33. The molecule has 15 nitrogen and oxygen atoms in total. The zero-order valence-corrected chi connectivity index (χ0v) is 22.3. The highest BCUT2D eigenvalue weighted by molar-refractivity contribution is 5.69. The fourth-order valence-electron chi connectivity index (χ4n) is 3.43. The van der Waals surface area contributed by atoms with Crippen LogP contribution in [0.2, 0.25) is 0 Å². The summed E-state index contributed by atoms with van der Waals surface area (Å²) < 4.78 is 10.2. The van der Waals surface area contributed by atoms with Crippen molar-refractivity contribution in [1.29, 1.82) is 0 Å². The van der Waals surface area contributed by atoms with E-state index in [1.165, 1.54) is 23.1 Å². The number of piperazine rings is 1. The molecule has 1 aliphatic heterocycles. The molecule has 1 aromatic rings. The van der Waals surface area contributed by atoms with E-state index in [2.05, 4.69) is 0 Å². The number of hydrogen-bond acceptors (Lipinski definition) is 12. The summed E-state index contributed by atoms with van der Waals surface area (Å²) >= 11 is 0. The molecular weight excluding hydrogens is 506 g/mol. The number of ether oxygens (including phenoxy) is 2. The number of aldehydes is 1. The van der Waals surface area contributed by atoms with Gasteiger partial charge in [-0.3, -0.25) is 14.9 Å². The molecule has 0 aromatic heterocycles. The summed E-state index contributed by atoms with van der Waals surface area (Å²) in [6, 6.07) is 4.29. The maximum atomic E-state index is 12.3. The number of amides is 2. The summed E-state index contributed by atoms with van der Waals surface area (Å²) in [5.41, 5.74) is 2.90. The summed E-state index contributed by atoms with van der Waals surface area (Å²) in [6.07, 6.45) is -1.80. The Balaban J connectivity index is 2.24. The quantitative estimate of drug-likeness (QED) is 0.179. The number of nitrogens with one attached hydrogen (secondary N) is 2. The van der Waals surface area contributed by atoms with Crippen molar-refractivity contribution in [2.75, 3.05) is 31.1 Å². The normalized spacial score (nSPS) is 15.0. The number of nitrogens with zero attached hydrogens (tertiary/aromatic N) is 3. The van der Waals surface area contributed by atoms with Gasteiger partial charge in [-0.1, -0.05) is 0 Å². The molecule has 0 saturated carbocycles. The number of aliphatic hydroxyl groups is 1. The number of anilines is 1. The zero-order chi connectivity index (χ0) is 28.7. The van der Waals surface area contributed by atoms with Crippen LogP contribution < -0.4 is 15.9 Å². The van der Waals surface area contributed by atoms with Gasteiger partial charge in [0.25, 0.3) is 5.69 Å². The van der Waals surface area contributed by atoms with Gasteiger partial charge >= 0.3 is 18.1 Å². The van der Waals surface area contributed by atoms with Gasteiger partial charge in [0.1, 0.15) is 16.9 Å². The van der Waals surface area contributed by atoms with Gasteiger partial charge in [-0.05, 0) is 59.2 Å². The number of carbonyl (C=O) groups excluding carboxylic acids is 3. The van der Waals surface area contributed by atoms with Crippen molar-refractivity contribution in [2.24, 2.45) is 0 Å². The lowest BCUT2D eigenvalue weighted by Gasteiger charge is -2.42. The van der Waals surface area contributed by atoms with Gasteiger partial charge in [0.05, 0.1) is 11.5 Å². The molecule has 0 unspecified atom stereocenters. The Kier molecular flexibility index (Phi) is 9.97. The van der Waals surface area contributed by atoms with Gasteiger partial charge in [0.2, 0.25) is 0 Å². The van der Waals surface area contributed by atoms with Crippen LogP contribution in [-0.4, -0.2) is 76.7 Å². The maximum absolute atomic E-state index is 12.3. The molecule has 1 aromatic carbocycles. The summed E-state index contributed by atoms with van der Waals surface area (Å²) in [5, 5.41) is 21.0. The first-order valence-corrected chi connectivity index (χ1v) is 11.8. The van der Waals surface area contributed by atoms with Crippen LogP contribution in [0.15, 0.2) is 18.2 Å². The first kappa shape index (κ1) is 30.7. The minimum Gasteiger partial charge on any atom is -0.442 e. The van der Waals surface area contributed by atoms with Gasteiger partial charge < -0.3 is 19.5 Å². The molecule has 212 valence electrons. The largest absolute Gasteiger partial charge is 0.442 e. The third kappa shape index (κ3) is 8.79. The van der Waals surface area contributed by atoms with E-state index in [-0.39, 0.29) is 44.8 Å².